The van der Waals surface area contributed by atoms with Crippen molar-refractivity contribution in [2.45, 2.75) is 293 Å². The molecule has 117 heavy (non-hydrogen) atoms. The maximum Gasteiger partial charge on any atom is 0.211 e. The summed E-state index contributed by atoms with van der Waals surface area (Å²) >= 11 is 18.7. The zero-order valence-corrected chi connectivity index (χ0v) is 80.5. The minimum absolute atomic E-state index is 0.344. The van der Waals surface area contributed by atoms with Crippen LogP contribution in [0.25, 0.3) is 28.3 Å². The smallest absolute Gasteiger partial charge is 0.211 e. The van der Waals surface area contributed by atoms with Gasteiger partial charge < -0.3 is 28.4 Å². The number of para-hydroxylation sites is 1. The molecule has 23 heteroatoms. The Labute approximate surface area is 718 Å². The average Bonchev–Trinajstić information content (AvgIpc) is 1.65. The number of halogens is 3. The van der Waals surface area contributed by atoms with E-state index in [4.69, 9.17) is 39.5 Å². The summed E-state index contributed by atoms with van der Waals surface area (Å²) in [5.74, 6) is 12.2. The molecule has 0 aliphatic heterocycles. The summed E-state index contributed by atoms with van der Waals surface area (Å²) in [4.78, 5) is 37.8. The van der Waals surface area contributed by atoms with Crippen LogP contribution in [0.4, 0.5) is 0 Å². The molecular weight excluding hydrogens is 1520 g/mol. The molecule has 10 aromatic heterocycles. The predicted octanol–water partition coefficient (Wildman–Crippen LogP) is 25.2. The molecule has 0 unspecified atom stereocenters. The Morgan fingerprint density at radius 2 is 0.889 bits per heavy atom. The molecule has 20 nitrogen and oxygen atoms in total. The SMILES string of the molecule is CC(C)c1cc(-c2ccccc2Cl)n(C)n1.CC(C)c1cc(-c2ncccc2Cl)n(C)n1.CCc1[nH]c(C)nc1C(C)C.CCc1c(C(C)C)nc(C)n1C.CCn1c(C(C)C)nc(C)c1C.COc1cc(C(C)C)nn1C.Cc1nc(C(C)C)c(C(C)C)[nH]1.Cc1nc(C(C)C)c(Cl)n1-c1ccccc1.Cc1nc(C(C)C)n(C)c1C. The number of pyridine rings is 1. The first-order chi connectivity index (χ1) is 54.8. The van der Waals surface area contributed by atoms with Crippen molar-refractivity contribution in [3.63, 3.8) is 0 Å². The van der Waals surface area contributed by atoms with E-state index in [0.717, 1.165) is 116 Å². The molecule has 2 aromatic carbocycles. The van der Waals surface area contributed by atoms with Gasteiger partial charge in [-0.25, -0.2) is 34.6 Å². The molecule has 0 bridgehead atoms. The maximum atomic E-state index is 6.36. The van der Waals surface area contributed by atoms with Crippen LogP contribution in [0.15, 0.2) is 91.1 Å². The highest BCUT2D eigenvalue weighted by atomic mass is 35.5. The molecule has 12 aromatic rings. The topological polar surface area (TPSA) is 204 Å². The Balaban J connectivity index is 0.000000278. The Morgan fingerprint density at radius 3 is 1.28 bits per heavy atom. The van der Waals surface area contributed by atoms with Crippen molar-refractivity contribution < 1.29 is 4.74 Å². The van der Waals surface area contributed by atoms with Gasteiger partial charge in [-0.3, -0.25) is 18.9 Å². The second kappa shape index (κ2) is 47.1. The fourth-order valence-electron chi connectivity index (χ4n) is 13.0. The third-order valence-corrected chi connectivity index (χ3v) is 21.0. The highest BCUT2D eigenvalue weighted by Gasteiger charge is 2.21. The van der Waals surface area contributed by atoms with E-state index in [-0.39, 0.29) is 0 Å². The predicted molar refractivity (Wildman–Crippen MR) is 492 cm³/mol. The number of rotatable bonds is 17. The van der Waals surface area contributed by atoms with Crippen LogP contribution in [-0.4, -0.2) is 99.6 Å². The van der Waals surface area contributed by atoms with Gasteiger partial charge >= 0.3 is 0 Å². The molecule has 10 heterocycles. The largest absolute Gasteiger partial charge is 0.481 e. The summed E-state index contributed by atoms with van der Waals surface area (Å²) in [6.07, 6.45) is 3.86. The molecule has 2 N–H and O–H groups in total. The summed E-state index contributed by atoms with van der Waals surface area (Å²) in [6, 6.07) is 27.7. The number of nitrogens with one attached hydrogen (secondary N) is 2. The van der Waals surface area contributed by atoms with Crippen LogP contribution in [0.5, 0.6) is 5.88 Å². The fourth-order valence-corrected chi connectivity index (χ4v) is 14.0. The first-order valence-corrected chi connectivity index (χ1v) is 42.9. The second-order valence-electron chi connectivity index (χ2n) is 32.9. The van der Waals surface area contributed by atoms with Gasteiger partial charge in [0, 0.05) is 111 Å². The number of hydrogen-bond donors (Lipinski definition) is 2. The maximum absolute atomic E-state index is 6.36. The van der Waals surface area contributed by atoms with E-state index >= 15 is 0 Å². The monoisotopic (exact) mass is 1660 g/mol. The highest BCUT2D eigenvalue weighted by molar-refractivity contribution is 6.33. The quantitative estimate of drug-likeness (QED) is 0.0877. The van der Waals surface area contributed by atoms with E-state index in [1.807, 2.05) is 135 Å². The molecule has 0 amide bonds. The number of hydrogen-bond acceptors (Lipinski definition) is 11. The van der Waals surface area contributed by atoms with Crippen LogP contribution in [-0.2, 0) is 54.6 Å². The number of H-pyrrole nitrogens is 2. The molecule has 642 valence electrons. The van der Waals surface area contributed by atoms with E-state index in [1.54, 1.807) is 18.0 Å². The van der Waals surface area contributed by atoms with Crippen molar-refractivity contribution >= 4 is 34.8 Å². The average molecular weight is 1660 g/mol. The summed E-state index contributed by atoms with van der Waals surface area (Å²) in [7, 11) is 11.6. The molecular formula is C94H144Cl3N19O. The molecule has 0 aliphatic carbocycles. The minimum Gasteiger partial charge on any atom is -0.481 e. The van der Waals surface area contributed by atoms with Gasteiger partial charge in [0.15, 0.2) is 0 Å². The lowest BCUT2D eigenvalue weighted by molar-refractivity contribution is 0.373. The highest BCUT2D eigenvalue weighted by Crippen LogP contribution is 2.33. The minimum atomic E-state index is 0.344. The third kappa shape index (κ3) is 28.1. The van der Waals surface area contributed by atoms with Crippen LogP contribution in [0.1, 0.15) is 333 Å². The molecule has 0 spiro atoms. The first kappa shape index (κ1) is 101. The number of imidazole rings is 6. The number of aromatic nitrogens is 19. The van der Waals surface area contributed by atoms with Crippen molar-refractivity contribution in [2.24, 2.45) is 35.2 Å². The molecule has 0 fully saturated rings. The van der Waals surface area contributed by atoms with Gasteiger partial charge in [0.05, 0.1) is 74.8 Å². The van der Waals surface area contributed by atoms with Gasteiger partial charge in [0.1, 0.15) is 45.8 Å². The van der Waals surface area contributed by atoms with Gasteiger partial charge in [-0.15, -0.1) is 0 Å². The van der Waals surface area contributed by atoms with Crippen LogP contribution in [0.3, 0.4) is 0 Å². The van der Waals surface area contributed by atoms with Gasteiger partial charge in [-0.1, -0.05) is 224 Å². The number of methoxy groups -OCH3 is 1. The van der Waals surface area contributed by atoms with E-state index in [2.05, 4.69) is 288 Å². The van der Waals surface area contributed by atoms with E-state index < -0.39 is 0 Å². The molecule has 0 saturated heterocycles. The lowest BCUT2D eigenvalue weighted by Crippen LogP contribution is -2.04. The van der Waals surface area contributed by atoms with Crippen molar-refractivity contribution in [2.75, 3.05) is 7.11 Å². The summed E-state index contributed by atoms with van der Waals surface area (Å²) in [5.41, 5.74) is 21.6. The summed E-state index contributed by atoms with van der Waals surface area (Å²) in [6.45, 7) is 67.1. The Hall–Kier alpha value is -8.85. The Kier molecular flexibility index (Phi) is 40.4. The number of aryl methyl sites for hydroxylation is 10. The number of nitrogens with zero attached hydrogens (tertiary/aromatic N) is 17. The third-order valence-electron chi connectivity index (χ3n) is 20.0. The second-order valence-corrected chi connectivity index (χ2v) is 34.1. The van der Waals surface area contributed by atoms with Gasteiger partial charge in [-0.05, 0) is 165 Å². The molecule has 0 saturated carbocycles. The number of aromatic amines is 2. The molecule has 0 aliphatic rings. The Morgan fingerprint density at radius 1 is 0.419 bits per heavy atom. The molecule has 0 radical (unpaired) electrons. The van der Waals surface area contributed by atoms with Crippen molar-refractivity contribution in [1.29, 1.82) is 0 Å². The normalized spacial score (nSPS) is 11.1. The van der Waals surface area contributed by atoms with Crippen LogP contribution >= 0.6 is 34.8 Å². The molecule has 12 rings (SSSR count). The lowest BCUT2D eigenvalue weighted by atomic mass is 10.0. The standard InChI is InChI=1S/2C13H15ClN2.C12H14ClN3.3C10H18N2.2C9H16N2.C8H14N2O/c1-9(2)12-8-13(16(3)15-12)10-6-4-5-7-11(10)14;1-9(2)12-13(14)16(10(3)15-12)11-7-5-4-6-8-11;1-8(2)10-7-11(16(3)15-10)12-9(13)5-4-6-14-12;1-6-9-10(7(2)3)11-8(4)12(9)5;1-6-12-9(5)8(4)11-10(12)7(2)3;1-6(2)9-10(7(3)4)12-8(5)11-9;1-6(2)9-10-7(3)8(4)11(9)5;1-5-8-9(6(2)3)11-7(4)10-8;1-6(2)7-5-8(11-4)10(3)9-7/h2*4-9H,1-3H3;4-8H,1-3H3;2*7H,6H2,1-5H3;6-7H,1-5H3,(H,11,12);6H,1-5H3;6H,5H2,1-4H3,(H,10,11);5-6H,1-4H3. The molecule has 0 atom stereocenters. The van der Waals surface area contributed by atoms with Gasteiger partial charge in [0.2, 0.25) is 5.88 Å². The summed E-state index contributed by atoms with van der Waals surface area (Å²) in [5, 5.41) is 15.3. The summed E-state index contributed by atoms with van der Waals surface area (Å²) < 4.78 is 19.2. The van der Waals surface area contributed by atoms with E-state index in [0.29, 0.717) is 64.2 Å². The fraction of sp³-hybridized carbons (Fsp3) is 0.532. The number of ether oxygens (including phenoxy) is 1. The van der Waals surface area contributed by atoms with Crippen LogP contribution in [0.2, 0.25) is 15.2 Å². The zero-order valence-electron chi connectivity index (χ0n) is 78.2. The van der Waals surface area contributed by atoms with E-state index in [9.17, 15) is 0 Å². The number of benzene rings is 2. The van der Waals surface area contributed by atoms with Crippen molar-refractivity contribution in [1.82, 2.24) is 92.5 Å². The van der Waals surface area contributed by atoms with Crippen molar-refractivity contribution in [3.8, 4) is 34.2 Å². The van der Waals surface area contributed by atoms with Crippen molar-refractivity contribution in [3.05, 3.63) is 221 Å². The van der Waals surface area contributed by atoms with E-state index in [1.165, 1.54) is 62.9 Å². The van der Waals surface area contributed by atoms with Crippen LogP contribution < -0.4 is 4.74 Å². The first-order valence-electron chi connectivity index (χ1n) is 41.8. The van der Waals surface area contributed by atoms with Gasteiger partial charge in [0.25, 0.3) is 0 Å². The Bertz CT molecular complexity index is 4780. The van der Waals surface area contributed by atoms with Gasteiger partial charge in [-0.2, -0.15) is 15.3 Å². The van der Waals surface area contributed by atoms with Crippen LogP contribution in [0, 0.1) is 55.4 Å². The zero-order chi connectivity index (χ0) is 88.5. The lowest BCUT2D eigenvalue weighted by Gasteiger charge is -2.08.